The summed E-state index contributed by atoms with van der Waals surface area (Å²) in [7, 11) is 0. The molecule has 0 N–H and O–H groups in total. The number of aromatic nitrogens is 11. The summed E-state index contributed by atoms with van der Waals surface area (Å²) >= 11 is 0. The molecule has 0 saturated heterocycles. The van der Waals surface area contributed by atoms with Crippen LogP contribution in [0.3, 0.4) is 0 Å². The second-order valence-electron chi connectivity index (χ2n) is 36.0. The van der Waals surface area contributed by atoms with Gasteiger partial charge in [-0.15, -0.1) is 0 Å². The minimum absolute atomic E-state index is 0. The van der Waals surface area contributed by atoms with Crippen molar-refractivity contribution in [3.8, 4) is 119 Å². The van der Waals surface area contributed by atoms with Crippen molar-refractivity contribution < 1.29 is 4.42 Å². The van der Waals surface area contributed by atoms with Gasteiger partial charge in [-0.2, -0.15) is 19.9 Å². The fourth-order valence-corrected chi connectivity index (χ4v) is 21.3. The molecular formula is C122H95N11O. The Hall–Kier alpha value is -16.7. The lowest BCUT2D eigenvalue weighted by Crippen LogP contribution is -2.14. The molecule has 12 nitrogen and oxygen atoms in total. The van der Waals surface area contributed by atoms with Gasteiger partial charge in [-0.05, 0) is 145 Å². The Labute approximate surface area is 778 Å². The third kappa shape index (κ3) is 12.9. The van der Waals surface area contributed by atoms with Crippen LogP contribution in [0.1, 0.15) is 97.2 Å². The molecule has 27 rings (SSSR count). The highest BCUT2D eigenvalue weighted by Gasteiger charge is 2.42. The summed E-state index contributed by atoms with van der Waals surface area (Å²) in [6.07, 6.45) is 0. The maximum atomic E-state index is 6.45. The topological polar surface area (TPSA) is 131 Å². The van der Waals surface area contributed by atoms with Gasteiger partial charge in [0.05, 0.1) is 49.7 Å². The Morgan fingerprint density at radius 2 is 0.567 bits per heavy atom. The van der Waals surface area contributed by atoms with Gasteiger partial charge in [-0.3, -0.25) is 13.7 Å². The summed E-state index contributed by atoms with van der Waals surface area (Å²) in [5.74, 6) is 4.49. The van der Waals surface area contributed by atoms with Gasteiger partial charge >= 0.3 is 0 Å². The highest BCUT2D eigenvalue weighted by molar-refractivity contribution is 6.21. The molecule has 0 radical (unpaired) electrons. The van der Waals surface area contributed by atoms with E-state index in [0.29, 0.717) is 35.2 Å². The zero-order valence-corrected chi connectivity index (χ0v) is 72.9. The maximum Gasteiger partial charge on any atom is 0.238 e. The quantitative estimate of drug-likeness (QED) is 0.139. The molecule has 0 saturated carbocycles. The molecule has 17 aromatic carbocycles. The summed E-state index contributed by atoms with van der Waals surface area (Å²) in [6, 6.07) is 138. The number of benzene rings is 17. The number of hydrogen-bond acceptors (Lipinski definition) is 9. The van der Waals surface area contributed by atoms with Gasteiger partial charge in [-0.25, -0.2) is 19.9 Å². The van der Waals surface area contributed by atoms with Gasteiger partial charge in [0.2, 0.25) is 11.9 Å². The first-order valence-corrected chi connectivity index (χ1v) is 44.8. The predicted molar refractivity (Wildman–Crippen MR) is 555 cm³/mol. The third-order valence-corrected chi connectivity index (χ3v) is 27.5. The smallest absolute Gasteiger partial charge is 0.238 e. The van der Waals surface area contributed by atoms with Gasteiger partial charge in [0.1, 0.15) is 16.9 Å². The maximum absolute atomic E-state index is 6.45. The minimum Gasteiger partial charge on any atom is -0.455 e. The lowest BCUT2D eigenvalue weighted by Gasteiger charge is -2.21. The molecule has 7 heterocycles. The molecule has 7 aromatic heterocycles. The van der Waals surface area contributed by atoms with Gasteiger partial charge < -0.3 is 4.42 Å². The first-order valence-electron chi connectivity index (χ1n) is 44.8. The number of furan rings is 1. The van der Waals surface area contributed by atoms with E-state index in [1.165, 1.54) is 110 Å². The molecule has 24 aromatic rings. The van der Waals surface area contributed by atoms with Crippen molar-refractivity contribution in [1.82, 2.24) is 53.6 Å². The van der Waals surface area contributed by atoms with Crippen molar-refractivity contribution >= 4 is 98.4 Å². The Morgan fingerprint density at radius 1 is 0.224 bits per heavy atom. The monoisotopic (exact) mass is 1730 g/mol. The Balaban J connectivity index is 0.000000116. The minimum atomic E-state index is -0.111. The van der Waals surface area contributed by atoms with Crippen LogP contribution in [0.2, 0.25) is 0 Å². The first-order chi connectivity index (χ1) is 64.3. The van der Waals surface area contributed by atoms with Crippen molar-refractivity contribution in [2.45, 2.75) is 80.1 Å². The van der Waals surface area contributed by atoms with Gasteiger partial charge in [0.15, 0.2) is 29.1 Å². The predicted octanol–water partition coefficient (Wildman–Crippen LogP) is 31.4. The largest absolute Gasteiger partial charge is 0.455 e. The van der Waals surface area contributed by atoms with Crippen LogP contribution in [-0.4, -0.2) is 53.6 Å². The lowest BCUT2D eigenvalue weighted by molar-refractivity contribution is 0.660. The van der Waals surface area contributed by atoms with E-state index in [1.54, 1.807) is 0 Å². The number of para-hydroxylation sites is 6. The van der Waals surface area contributed by atoms with Crippen LogP contribution in [0, 0.1) is 0 Å². The van der Waals surface area contributed by atoms with E-state index in [-0.39, 0.29) is 38.5 Å². The van der Waals surface area contributed by atoms with Crippen LogP contribution < -0.4 is 0 Å². The molecule has 0 fully saturated rings. The average Bonchev–Trinajstić information content (AvgIpc) is 1.55. The van der Waals surface area contributed by atoms with Crippen molar-refractivity contribution in [1.29, 1.82) is 0 Å². The summed E-state index contributed by atoms with van der Waals surface area (Å²) in [5.41, 5.74) is 33.6. The fourth-order valence-electron chi connectivity index (χ4n) is 21.3. The summed E-state index contributed by atoms with van der Waals surface area (Å²) in [4.78, 5) is 41.2. The second-order valence-corrected chi connectivity index (χ2v) is 36.0. The van der Waals surface area contributed by atoms with Crippen molar-refractivity contribution in [3.63, 3.8) is 0 Å². The lowest BCUT2D eigenvalue weighted by atomic mass is 9.82. The highest BCUT2D eigenvalue weighted by atomic mass is 16.3. The van der Waals surface area contributed by atoms with Crippen LogP contribution in [0.5, 0.6) is 0 Å². The SMILES string of the molecule is C.C.C.CC1(C)c2ccccc2-c2c1ccc1c2c2cc(-c3ccccc3)ccc2n1-c1nc(-c2ccccc2)nc(-c2ccccc2)n1.CC1(C)c2ccccc2-c2c1ccc1c2c2ccccc2n1-c1nc(-c2ccccc2)nc(-c2cccc3c2oc2ccccc23)n1.CC1(C)c2ccccc2-c2c1ccc1c2c2ccccc2n1-c1nc2ccccc2nc1-c1ccccc1. The van der Waals surface area contributed by atoms with Gasteiger partial charge in [-0.1, -0.05) is 391 Å². The molecule has 12 heteroatoms. The van der Waals surface area contributed by atoms with E-state index in [4.69, 9.17) is 44.3 Å². The number of hydrogen-bond donors (Lipinski definition) is 0. The van der Waals surface area contributed by atoms with Crippen molar-refractivity contribution in [3.05, 3.63) is 428 Å². The zero-order chi connectivity index (χ0) is 87.5. The van der Waals surface area contributed by atoms with E-state index in [0.717, 1.165) is 105 Å². The molecule has 0 unspecified atom stereocenters. The van der Waals surface area contributed by atoms with Gasteiger partial charge in [0, 0.05) is 81.6 Å². The molecular weight excluding hydrogens is 1640 g/mol. The van der Waals surface area contributed by atoms with E-state index < -0.39 is 0 Å². The summed E-state index contributed by atoms with van der Waals surface area (Å²) in [6.45, 7) is 14.0. The first kappa shape index (κ1) is 82.9. The molecule has 0 bridgehead atoms. The summed E-state index contributed by atoms with van der Waals surface area (Å²) < 4.78 is 13.2. The fraction of sp³-hybridized carbons (Fsp3) is 0.0984. The number of nitrogens with zero attached hydrogens (tertiary/aromatic N) is 11. The highest BCUT2D eigenvalue weighted by Crippen LogP contribution is 2.58. The number of fused-ring (bicyclic) bond motifs is 25. The van der Waals surface area contributed by atoms with Gasteiger partial charge in [0.25, 0.3) is 0 Å². The third-order valence-electron chi connectivity index (χ3n) is 27.5. The molecule has 0 amide bonds. The van der Waals surface area contributed by atoms with Crippen LogP contribution >= 0.6 is 0 Å². The molecule has 644 valence electrons. The molecule has 3 aliphatic carbocycles. The Morgan fingerprint density at radius 3 is 1.05 bits per heavy atom. The normalized spacial score (nSPS) is 13.1. The Bertz CT molecular complexity index is 8750. The molecule has 0 aliphatic heterocycles. The average molecular weight is 1730 g/mol. The summed E-state index contributed by atoms with van der Waals surface area (Å²) in [5, 5.41) is 9.44. The molecule has 0 spiro atoms. The second kappa shape index (κ2) is 32.1. The molecule has 134 heavy (non-hydrogen) atoms. The standard InChI is InChI=1S/C42H28N4O.C42H30N4.C35H25N3.3CH4/c1-42(2)31-20-9-6-16-28(31)36-32(42)23-24-34-37(36)29-17-7-10-21-33(29)46(34)41-44-39(25-13-4-3-5-14-25)43-40(45-41)30-19-12-18-27-26-15-8-11-22-35(26)47-38(27)30;1-42(2)33-21-13-12-20-31(33)37-34(42)23-25-36-38(37)32-26-30(27-14-6-3-7-15-27)22-24-35(32)46(36)41-44-39(28-16-8-4-9-17-28)43-40(45-41)29-18-10-5-11-19-29;1-35(2)25-16-8-6-14-23(25)31-26(35)20-21-30-32(31)24-15-7-11-19-29(24)38(30)34-33(22-12-4-3-5-13-22)36-27-17-9-10-18-28(27)37-34;;;/h3-24H,1-2H3;3-26H,1-2H3;3-21H,1-2H3;3*1H4. The molecule has 0 atom stereocenters. The number of rotatable bonds is 9. The van der Waals surface area contributed by atoms with E-state index in [9.17, 15) is 0 Å². The van der Waals surface area contributed by atoms with E-state index >= 15 is 0 Å². The van der Waals surface area contributed by atoms with Crippen LogP contribution in [0.25, 0.3) is 217 Å². The van der Waals surface area contributed by atoms with Crippen LogP contribution in [0.15, 0.2) is 399 Å². The van der Waals surface area contributed by atoms with Crippen molar-refractivity contribution in [2.75, 3.05) is 0 Å². The van der Waals surface area contributed by atoms with Crippen LogP contribution in [-0.2, 0) is 16.2 Å². The Kier molecular flexibility index (Phi) is 19.9. The van der Waals surface area contributed by atoms with Crippen LogP contribution in [0.4, 0.5) is 0 Å². The van der Waals surface area contributed by atoms with E-state index in [2.05, 4.69) is 322 Å². The zero-order valence-electron chi connectivity index (χ0n) is 72.9. The molecule has 3 aliphatic rings. The van der Waals surface area contributed by atoms with E-state index in [1.807, 2.05) is 127 Å². The van der Waals surface area contributed by atoms with Crippen molar-refractivity contribution in [2.24, 2.45) is 0 Å².